The third-order valence-corrected chi connectivity index (χ3v) is 19.0. The van der Waals surface area contributed by atoms with E-state index in [9.17, 15) is 25.9 Å². The molecule has 0 aliphatic rings. The quantitative estimate of drug-likeness (QED) is 0.0247. The van der Waals surface area contributed by atoms with Gasteiger partial charge >= 0.3 is 48.9 Å². The van der Waals surface area contributed by atoms with Crippen molar-refractivity contribution in [2.45, 2.75) is 346 Å². The van der Waals surface area contributed by atoms with E-state index in [4.69, 9.17) is 0 Å². The summed E-state index contributed by atoms with van der Waals surface area (Å²) < 4.78 is 74.3. The fourth-order valence-corrected chi connectivity index (χ4v) is 14.1. The summed E-state index contributed by atoms with van der Waals surface area (Å²) in [4.78, 5) is 0.0516. The normalized spacial score (nSPS) is 11.8. The smallest absolute Gasteiger partial charge is 0.744 e. The van der Waals surface area contributed by atoms with Gasteiger partial charge in [0.05, 0.1) is 9.79 Å². The molecule has 0 atom stereocenters. The molecule has 81 heavy (non-hydrogen) atoms. The van der Waals surface area contributed by atoms with E-state index >= 15 is 0 Å². The van der Waals surface area contributed by atoms with E-state index in [0.717, 1.165) is 62.1 Å². The van der Waals surface area contributed by atoms with Crippen LogP contribution >= 0.6 is 0 Å². The van der Waals surface area contributed by atoms with E-state index in [1.165, 1.54) is 255 Å². The Morgan fingerprint density at radius 2 is 0.444 bits per heavy atom. The molecule has 9 heteroatoms. The predicted octanol–water partition coefficient (Wildman–Crippen LogP) is 22.5. The Morgan fingerprint density at radius 3 is 0.654 bits per heavy atom. The number of hydrogen-bond donors (Lipinski definition) is 0. The van der Waals surface area contributed by atoms with Crippen LogP contribution in [0.4, 0.5) is 0 Å². The Bertz CT molecular complexity index is 2230. The Balaban J connectivity index is 0.000000547. The molecule has 456 valence electrons. The maximum Gasteiger partial charge on any atom is 2.00 e. The van der Waals surface area contributed by atoms with Gasteiger partial charge in [0, 0.05) is 0 Å². The fourth-order valence-electron chi connectivity index (χ4n) is 12.2. The number of fused-ring (bicyclic) bond motifs is 2. The van der Waals surface area contributed by atoms with Gasteiger partial charge < -0.3 is 9.11 Å². The Kier molecular flexibility index (Phi) is 45.8. The number of benzene rings is 4. The van der Waals surface area contributed by atoms with Crippen LogP contribution < -0.4 is 0 Å². The van der Waals surface area contributed by atoms with Crippen LogP contribution in [0.2, 0.25) is 0 Å². The second-order valence-electron chi connectivity index (χ2n) is 24.2. The fraction of sp³-hybridized carbons (Fsp3) is 0.722. The van der Waals surface area contributed by atoms with E-state index in [1.807, 2.05) is 36.4 Å². The van der Waals surface area contributed by atoms with Gasteiger partial charge in [0.25, 0.3) is 0 Å². The molecule has 4 rings (SSSR count). The SMILES string of the molecule is CCCCCCCCCCCCCc1ccc2c(CCCCCCCCCCCCC)cccc2c1S(=O)(=O)[O-].CCCCCCCCCCCCCc1ccc2c(CCCCCCCCCCCCC)cccc2c1S(=O)(=O)[O-].[Ba+2]. The van der Waals surface area contributed by atoms with Crippen LogP contribution in [0.3, 0.4) is 0 Å². The standard InChI is InChI=1S/2C36H60O3S.Ba/c2*1-3-5-7-9-11-13-15-17-19-21-23-26-32-28-25-29-35-34(32)31-30-33(36(35)40(37,38)39)27-24-22-20-18-16-14-12-10-8-6-4-2;/h2*25,28-31H,3-24,26-27H2,1-2H3,(H,37,38,39);/q;;+2/p-2. The zero-order valence-electron chi connectivity index (χ0n) is 52.7. The maximum atomic E-state index is 12.4. The molecule has 0 aliphatic carbocycles. The van der Waals surface area contributed by atoms with Crippen LogP contribution in [0.1, 0.15) is 332 Å². The van der Waals surface area contributed by atoms with Gasteiger partial charge in [-0.3, -0.25) is 0 Å². The van der Waals surface area contributed by atoms with Crippen molar-refractivity contribution in [3.05, 3.63) is 82.9 Å². The molecule has 4 aromatic carbocycles. The molecule has 0 radical (unpaired) electrons. The summed E-state index contributed by atoms with van der Waals surface area (Å²) >= 11 is 0. The molecule has 4 aromatic rings. The second-order valence-corrected chi connectivity index (χ2v) is 26.8. The first-order chi connectivity index (χ1) is 39.0. The molecule has 0 N–H and O–H groups in total. The number of rotatable bonds is 50. The molecule has 0 amide bonds. The number of aryl methyl sites for hydroxylation is 4. The molecule has 0 saturated carbocycles. The van der Waals surface area contributed by atoms with E-state index < -0.39 is 20.2 Å². The van der Waals surface area contributed by atoms with Gasteiger partial charge in [-0.05, 0) is 95.2 Å². The van der Waals surface area contributed by atoms with Crippen molar-refractivity contribution in [3.8, 4) is 0 Å². The molecular weight excluding hydrogens is 1160 g/mol. The first-order valence-electron chi connectivity index (χ1n) is 34.0. The van der Waals surface area contributed by atoms with Gasteiger partial charge in [0.15, 0.2) is 0 Å². The van der Waals surface area contributed by atoms with Crippen LogP contribution in [0, 0.1) is 0 Å². The molecule has 0 fully saturated rings. The minimum atomic E-state index is -4.54. The zero-order valence-corrected chi connectivity index (χ0v) is 58.8. The van der Waals surface area contributed by atoms with Gasteiger partial charge in [-0.15, -0.1) is 0 Å². The first kappa shape index (κ1) is 75.9. The van der Waals surface area contributed by atoms with Gasteiger partial charge in [-0.2, -0.15) is 0 Å². The van der Waals surface area contributed by atoms with Crippen molar-refractivity contribution in [1.82, 2.24) is 0 Å². The molecule has 0 heterocycles. The third kappa shape index (κ3) is 34.1. The van der Waals surface area contributed by atoms with Crippen molar-refractivity contribution >= 4 is 90.7 Å². The van der Waals surface area contributed by atoms with Crippen molar-refractivity contribution < 1.29 is 25.9 Å². The number of unbranched alkanes of at least 4 members (excludes halogenated alkanes) is 40. The molecule has 6 nitrogen and oxygen atoms in total. The molecule has 0 aliphatic heterocycles. The van der Waals surface area contributed by atoms with Gasteiger partial charge in [-0.1, -0.05) is 345 Å². The minimum absolute atomic E-state index is 0. The van der Waals surface area contributed by atoms with Gasteiger partial charge in [-0.25, -0.2) is 16.8 Å². The van der Waals surface area contributed by atoms with Crippen molar-refractivity contribution in [3.63, 3.8) is 0 Å². The van der Waals surface area contributed by atoms with E-state index in [0.29, 0.717) is 34.7 Å². The Labute approximate surface area is 540 Å². The summed E-state index contributed by atoms with van der Waals surface area (Å²) in [6, 6.07) is 19.7. The van der Waals surface area contributed by atoms with Crippen LogP contribution in [-0.2, 0) is 45.9 Å². The summed E-state index contributed by atoms with van der Waals surface area (Å²) in [5, 5.41) is 3.12. The summed E-state index contributed by atoms with van der Waals surface area (Å²) in [6.07, 6.45) is 59.7. The zero-order chi connectivity index (χ0) is 57.8. The largest absolute Gasteiger partial charge is 2.00 e. The summed E-state index contributed by atoms with van der Waals surface area (Å²) in [5.74, 6) is 0. The maximum absolute atomic E-state index is 12.4. The monoisotopic (exact) mass is 1280 g/mol. The Hall–Kier alpha value is -1.21. The molecule has 0 bridgehead atoms. The van der Waals surface area contributed by atoms with Crippen molar-refractivity contribution in [1.29, 1.82) is 0 Å². The van der Waals surface area contributed by atoms with Gasteiger partial charge in [0.1, 0.15) is 20.2 Å². The van der Waals surface area contributed by atoms with Crippen molar-refractivity contribution in [2.75, 3.05) is 0 Å². The van der Waals surface area contributed by atoms with Crippen molar-refractivity contribution in [2.24, 2.45) is 0 Å². The second kappa shape index (κ2) is 48.9. The minimum Gasteiger partial charge on any atom is -0.744 e. The third-order valence-electron chi connectivity index (χ3n) is 17.1. The molecule has 0 saturated heterocycles. The van der Waals surface area contributed by atoms with Crippen LogP contribution in [-0.4, -0.2) is 74.8 Å². The first-order valence-corrected chi connectivity index (χ1v) is 36.8. The van der Waals surface area contributed by atoms with E-state index in [-0.39, 0.29) is 58.7 Å². The summed E-state index contributed by atoms with van der Waals surface area (Å²) in [6.45, 7) is 9.04. The average molecular weight is 1280 g/mol. The van der Waals surface area contributed by atoms with Crippen LogP contribution in [0.25, 0.3) is 21.5 Å². The average Bonchev–Trinajstić information content (AvgIpc) is 3.52. The van der Waals surface area contributed by atoms with E-state index in [1.54, 1.807) is 0 Å². The predicted molar refractivity (Wildman–Crippen MR) is 350 cm³/mol. The molecule has 0 unspecified atom stereocenters. The van der Waals surface area contributed by atoms with Gasteiger partial charge in [0.2, 0.25) is 0 Å². The summed E-state index contributed by atoms with van der Waals surface area (Å²) in [7, 11) is -9.07. The molecule has 0 aromatic heterocycles. The van der Waals surface area contributed by atoms with Crippen LogP contribution in [0.15, 0.2) is 70.5 Å². The summed E-state index contributed by atoms with van der Waals surface area (Å²) in [5.41, 5.74) is 3.73. The van der Waals surface area contributed by atoms with E-state index in [2.05, 4.69) is 52.0 Å². The van der Waals surface area contributed by atoms with Crippen LogP contribution in [0.5, 0.6) is 0 Å². The molecular formula is C72H118BaO6S2. The number of hydrogen-bond acceptors (Lipinski definition) is 6. The molecule has 0 spiro atoms. The Morgan fingerprint density at radius 1 is 0.247 bits per heavy atom. The topological polar surface area (TPSA) is 114 Å².